The van der Waals surface area contributed by atoms with Gasteiger partial charge in [-0.3, -0.25) is 4.79 Å². The first kappa shape index (κ1) is 12.0. The lowest BCUT2D eigenvalue weighted by molar-refractivity contribution is -0.145. The van der Waals surface area contributed by atoms with E-state index in [0.717, 1.165) is 5.56 Å². The molecule has 0 heterocycles. The number of rotatable bonds is 4. The van der Waals surface area contributed by atoms with E-state index in [1.165, 1.54) is 7.11 Å². The molecular weight excluding hydrogens is 214 g/mol. The van der Waals surface area contributed by atoms with Crippen molar-refractivity contribution in [1.29, 1.82) is 0 Å². The Kier molecular flexibility index (Phi) is 4.59. The molecule has 0 aromatic heterocycles. The second-order valence-electron chi connectivity index (χ2n) is 3.25. The topological polar surface area (TPSA) is 52.3 Å². The van der Waals surface area contributed by atoms with E-state index in [2.05, 4.69) is 4.74 Å². The summed E-state index contributed by atoms with van der Waals surface area (Å²) >= 11 is 5.98. The number of hydrogen-bond acceptors (Lipinski definition) is 3. The van der Waals surface area contributed by atoms with Crippen molar-refractivity contribution in [3.8, 4) is 0 Å². The van der Waals surface area contributed by atoms with E-state index in [1.54, 1.807) is 6.07 Å². The van der Waals surface area contributed by atoms with Gasteiger partial charge in [-0.1, -0.05) is 29.8 Å². The Balaban J connectivity index is 2.75. The lowest BCUT2D eigenvalue weighted by Gasteiger charge is -2.12. The number of halogens is 1. The summed E-state index contributed by atoms with van der Waals surface area (Å²) in [5.74, 6) is -0.618. The van der Waals surface area contributed by atoms with Crippen molar-refractivity contribution in [3.63, 3.8) is 0 Å². The number of hydrogen-bond donors (Lipinski definition) is 1. The molecule has 1 aromatic carbocycles. The van der Waals surface area contributed by atoms with Crippen LogP contribution >= 0.6 is 11.6 Å². The second kappa shape index (κ2) is 5.73. The Morgan fingerprint density at radius 2 is 2.20 bits per heavy atom. The minimum atomic E-state index is -0.324. The van der Waals surface area contributed by atoms with Crippen LogP contribution in [0, 0.1) is 5.92 Å². The first-order chi connectivity index (χ1) is 7.19. The smallest absolute Gasteiger partial charge is 0.310 e. The van der Waals surface area contributed by atoms with E-state index in [-0.39, 0.29) is 18.4 Å². The minimum Gasteiger partial charge on any atom is -0.469 e. The molecule has 0 saturated carbocycles. The van der Waals surface area contributed by atoms with Gasteiger partial charge in [0, 0.05) is 11.6 Å². The Morgan fingerprint density at radius 1 is 1.53 bits per heavy atom. The van der Waals surface area contributed by atoms with E-state index < -0.39 is 0 Å². The zero-order valence-corrected chi connectivity index (χ0v) is 9.33. The summed E-state index contributed by atoms with van der Waals surface area (Å²) in [6.45, 7) is 0.262. The van der Waals surface area contributed by atoms with E-state index in [9.17, 15) is 4.79 Å². The molecule has 0 spiro atoms. The second-order valence-corrected chi connectivity index (χ2v) is 3.66. The van der Waals surface area contributed by atoms with Crippen LogP contribution in [-0.4, -0.2) is 19.6 Å². The van der Waals surface area contributed by atoms with Crippen LogP contribution in [0.4, 0.5) is 0 Å². The van der Waals surface area contributed by atoms with Gasteiger partial charge in [-0.2, -0.15) is 0 Å². The first-order valence-electron chi connectivity index (χ1n) is 4.70. The average molecular weight is 228 g/mol. The minimum absolute atomic E-state index is 0.262. The molecule has 0 bridgehead atoms. The van der Waals surface area contributed by atoms with Crippen LogP contribution in [0.15, 0.2) is 24.3 Å². The highest BCUT2D eigenvalue weighted by Gasteiger charge is 2.18. The summed E-state index contributed by atoms with van der Waals surface area (Å²) in [7, 11) is 1.36. The molecule has 4 heteroatoms. The van der Waals surface area contributed by atoms with Crippen molar-refractivity contribution in [2.24, 2.45) is 11.7 Å². The highest BCUT2D eigenvalue weighted by Crippen LogP contribution is 2.18. The first-order valence-corrected chi connectivity index (χ1v) is 5.08. The lowest BCUT2D eigenvalue weighted by Crippen LogP contribution is -2.26. The fourth-order valence-electron chi connectivity index (χ4n) is 1.36. The van der Waals surface area contributed by atoms with Crippen molar-refractivity contribution in [1.82, 2.24) is 0 Å². The van der Waals surface area contributed by atoms with E-state index in [1.807, 2.05) is 18.2 Å². The van der Waals surface area contributed by atoms with Crippen molar-refractivity contribution in [2.75, 3.05) is 13.7 Å². The van der Waals surface area contributed by atoms with Crippen LogP contribution in [0.1, 0.15) is 5.56 Å². The molecule has 0 aliphatic heterocycles. The Labute approximate surface area is 94.2 Å². The molecule has 0 saturated heterocycles. The van der Waals surface area contributed by atoms with Gasteiger partial charge in [-0.25, -0.2) is 0 Å². The maximum absolute atomic E-state index is 11.3. The van der Waals surface area contributed by atoms with Crippen LogP contribution in [0.25, 0.3) is 0 Å². The third kappa shape index (κ3) is 3.22. The fourth-order valence-corrected chi connectivity index (χ4v) is 1.57. The van der Waals surface area contributed by atoms with Gasteiger partial charge in [0.2, 0.25) is 0 Å². The zero-order valence-electron chi connectivity index (χ0n) is 8.57. The van der Waals surface area contributed by atoms with Crippen molar-refractivity contribution >= 4 is 17.6 Å². The number of carbonyl (C=O) groups is 1. The molecule has 1 atom stereocenters. The molecule has 0 aliphatic rings. The molecule has 0 amide bonds. The molecule has 0 unspecified atom stereocenters. The van der Waals surface area contributed by atoms with Crippen molar-refractivity contribution in [2.45, 2.75) is 6.42 Å². The zero-order chi connectivity index (χ0) is 11.3. The third-order valence-electron chi connectivity index (χ3n) is 2.24. The number of esters is 1. The van der Waals surface area contributed by atoms with Gasteiger partial charge in [-0.05, 0) is 18.1 Å². The largest absolute Gasteiger partial charge is 0.469 e. The van der Waals surface area contributed by atoms with Gasteiger partial charge in [0.1, 0.15) is 0 Å². The molecule has 15 heavy (non-hydrogen) atoms. The van der Waals surface area contributed by atoms with Gasteiger partial charge in [0.05, 0.1) is 13.0 Å². The predicted octanol–water partition coefficient (Wildman–Crippen LogP) is 1.63. The number of carbonyl (C=O) groups excluding carboxylic acids is 1. The molecule has 0 radical (unpaired) electrons. The van der Waals surface area contributed by atoms with Crippen LogP contribution in [0.2, 0.25) is 5.02 Å². The molecular formula is C11H14ClNO2. The predicted molar refractivity (Wildman–Crippen MR) is 59.7 cm³/mol. The summed E-state index contributed by atoms with van der Waals surface area (Å²) < 4.78 is 4.65. The summed E-state index contributed by atoms with van der Waals surface area (Å²) in [5.41, 5.74) is 6.42. The highest BCUT2D eigenvalue weighted by atomic mass is 35.5. The van der Waals surface area contributed by atoms with Crippen LogP contribution in [-0.2, 0) is 16.0 Å². The van der Waals surface area contributed by atoms with E-state index in [4.69, 9.17) is 17.3 Å². The molecule has 3 nitrogen and oxygen atoms in total. The maximum Gasteiger partial charge on any atom is 0.310 e. The van der Waals surface area contributed by atoms with Gasteiger partial charge < -0.3 is 10.5 Å². The number of methoxy groups -OCH3 is 1. The normalized spacial score (nSPS) is 12.2. The van der Waals surface area contributed by atoms with E-state index >= 15 is 0 Å². The Hall–Kier alpha value is -1.06. The quantitative estimate of drug-likeness (QED) is 0.796. The van der Waals surface area contributed by atoms with Gasteiger partial charge in [0.25, 0.3) is 0 Å². The van der Waals surface area contributed by atoms with Crippen molar-refractivity contribution in [3.05, 3.63) is 34.9 Å². The maximum atomic E-state index is 11.3. The van der Waals surface area contributed by atoms with Gasteiger partial charge in [-0.15, -0.1) is 0 Å². The van der Waals surface area contributed by atoms with Crippen molar-refractivity contribution < 1.29 is 9.53 Å². The van der Waals surface area contributed by atoms with E-state index in [0.29, 0.717) is 11.4 Å². The number of ether oxygens (including phenoxy) is 1. The number of nitrogens with two attached hydrogens (primary N) is 1. The van der Waals surface area contributed by atoms with Gasteiger partial charge >= 0.3 is 5.97 Å². The standard InChI is InChI=1S/C11H14ClNO2/c1-15-11(14)9(7-13)6-8-4-2-3-5-10(8)12/h2-5,9H,6-7,13H2,1H3/t9-/m0/s1. The summed E-state index contributed by atoms with van der Waals surface area (Å²) in [6.07, 6.45) is 0.517. The molecule has 1 rings (SSSR count). The molecule has 82 valence electrons. The van der Waals surface area contributed by atoms with Crippen LogP contribution < -0.4 is 5.73 Å². The summed E-state index contributed by atoms with van der Waals surface area (Å²) in [4.78, 5) is 11.3. The molecule has 1 aromatic rings. The highest BCUT2D eigenvalue weighted by molar-refractivity contribution is 6.31. The summed E-state index contributed by atoms with van der Waals surface area (Å²) in [5, 5.41) is 0.653. The number of benzene rings is 1. The summed E-state index contributed by atoms with van der Waals surface area (Å²) in [6, 6.07) is 7.41. The molecule has 0 aliphatic carbocycles. The van der Waals surface area contributed by atoms with Gasteiger partial charge in [0.15, 0.2) is 0 Å². The lowest BCUT2D eigenvalue weighted by atomic mass is 9.99. The molecule has 2 N–H and O–H groups in total. The van der Waals surface area contributed by atoms with Crippen LogP contribution in [0.5, 0.6) is 0 Å². The fraction of sp³-hybridized carbons (Fsp3) is 0.364. The Bertz CT molecular complexity index is 341. The average Bonchev–Trinajstić information content (AvgIpc) is 2.27. The molecule has 0 fully saturated rings. The monoisotopic (exact) mass is 227 g/mol. The Morgan fingerprint density at radius 3 is 2.73 bits per heavy atom. The SMILES string of the molecule is COC(=O)[C@H](CN)Cc1ccccc1Cl. The third-order valence-corrected chi connectivity index (χ3v) is 2.61. The van der Waals surface area contributed by atoms with Crippen LogP contribution in [0.3, 0.4) is 0 Å².